The normalized spacial score (nSPS) is 47.1. The zero-order valence-electron chi connectivity index (χ0n) is 11.8. The van der Waals surface area contributed by atoms with E-state index >= 15 is 0 Å². The smallest absolute Gasteiger partial charge is 0.207 e. The molecule has 0 radical (unpaired) electrons. The molecule has 3 heterocycles. The Kier molecular flexibility index (Phi) is 3.55. The van der Waals surface area contributed by atoms with Crippen molar-refractivity contribution in [2.75, 3.05) is 6.54 Å². The number of rotatable bonds is 1. The van der Waals surface area contributed by atoms with Gasteiger partial charge < -0.3 is 18.7 Å². The molecule has 0 aromatic heterocycles. The molecule has 5 nitrogen and oxygen atoms in total. The molecule has 4 rings (SSSR count). The fraction of sp³-hybridized carbons (Fsp3) is 1.00. The largest absolute Gasteiger partial charge is 0.342 e. The Morgan fingerprint density at radius 3 is 2.65 bits per heavy atom. The van der Waals surface area contributed by atoms with Gasteiger partial charge in [-0.2, -0.15) is 0 Å². The third-order valence-corrected chi connectivity index (χ3v) is 6.96. The van der Waals surface area contributed by atoms with Crippen molar-refractivity contribution in [1.82, 2.24) is 4.67 Å². The molecule has 20 heavy (non-hydrogen) atoms. The molecule has 0 bridgehead atoms. The number of nitrogens with zero attached hydrogens (tertiary/aromatic N) is 1. The summed E-state index contributed by atoms with van der Waals surface area (Å²) in [4.78, 5) is 0. The van der Waals surface area contributed by atoms with Crippen molar-refractivity contribution in [2.24, 2.45) is 0 Å². The average Bonchev–Trinajstić information content (AvgIpc) is 3.05. The summed E-state index contributed by atoms with van der Waals surface area (Å²) in [5.74, 6) is -0.409. The molecule has 1 saturated carbocycles. The topological polar surface area (TPSA) is 40.2 Å². The van der Waals surface area contributed by atoms with Gasteiger partial charge in [-0.1, -0.05) is 0 Å². The fourth-order valence-corrected chi connectivity index (χ4v) is 5.84. The first kappa shape index (κ1) is 14.1. The average molecular weight is 322 g/mol. The van der Waals surface area contributed by atoms with Gasteiger partial charge in [-0.15, -0.1) is 0 Å². The molecule has 1 aliphatic carbocycles. The Hall–Kier alpha value is 0.520. The van der Waals surface area contributed by atoms with E-state index in [2.05, 4.69) is 18.5 Å². The van der Waals surface area contributed by atoms with Gasteiger partial charge in [0.05, 0.1) is 0 Å². The minimum atomic E-state index is -1.08. The number of hydrogen-bond donors (Lipinski definition) is 0. The van der Waals surface area contributed by atoms with E-state index in [4.69, 9.17) is 30.0 Å². The van der Waals surface area contributed by atoms with Crippen molar-refractivity contribution in [3.05, 3.63) is 0 Å². The molecule has 0 aromatic rings. The van der Waals surface area contributed by atoms with Gasteiger partial charge in [0.2, 0.25) is 7.65 Å². The molecule has 5 atom stereocenters. The standard InChI is InChI=1S/C13H21ClNO4P/c1-8(2)15-7-9-10(19-20(15)14)11-12(16-9)18-13(17-11)5-3-4-6-13/h8-12H,3-7H2,1-2H3/t9-,10+,11-,12-,20+/m1/s1. The lowest BCUT2D eigenvalue weighted by Crippen LogP contribution is -2.47. The van der Waals surface area contributed by atoms with Gasteiger partial charge in [0.25, 0.3) is 0 Å². The van der Waals surface area contributed by atoms with E-state index in [9.17, 15) is 0 Å². The van der Waals surface area contributed by atoms with Crippen LogP contribution in [0.3, 0.4) is 0 Å². The lowest BCUT2D eigenvalue weighted by Gasteiger charge is -2.40. The number of ether oxygens (including phenoxy) is 3. The van der Waals surface area contributed by atoms with Crippen molar-refractivity contribution < 1.29 is 18.7 Å². The second-order valence-corrected chi connectivity index (χ2v) is 8.42. The van der Waals surface area contributed by atoms with Crippen LogP contribution in [0.15, 0.2) is 0 Å². The van der Waals surface area contributed by atoms with Crippen LogP contribution in [-0.2, 0) is 18.7 Å². The van der Waals surface area contributed by atoms with Gasteiger partial charge in [-0.3, -0.25) is 0 Å². The molecular formula is C13H21ClNO4P. The zero-order chi connectivity index (χ0) is 13.9. The van der Waals surface area contributed by atoms with E-state index in [-0.39, 0.29) is 24.6 Å². The van der Waals surface area contributed by atoms with E-state index in [0.29, 0.717) is 6.04 Å². The Bertz CT molecular complexity index is 393. The highest BCUT2D eigenvalue weighted by molar-refractivity contribution is 7.78. The number of halogens is 1. The predicted octanol–water partition coefficient (Wildman–Crippen LogP) is 2.97. The van der Waals surface area contributed by atoms with Crippen LogP contribution in [0.2, 0.25) is 0 Å². The molecule has 3 saturated heterocycles. The van der Waals surface area contributed by atoms with Crippen molar-refractivity contribution in [1.29, 1.82) is 0 Å². The Labute approximate surface area is 125 Å². The number of hydrogen-bond acceptors (Lipinski definition) is 5. The second kappa shape index (κ2) is 5.02. The molecule has 4 fully saturated rings. The summed E-state index contributed by atoms with van der Waals surface area (Å²) in [7, 11) is -1.08. The highest BCUT2D eigenvalue weighted by Gasteiger charge is 2.61. The van der Waals surface area contributed by atoms with Crippen LogP contribution in [0.25, 0.3) is 0 Å². The van der Waals surface area contributed by atoms with Crippen LogP contribution in [-0.4, -0.2) is 47.6 Å². The van der Waals surface area contributed by atoms with Crippen LogP contribution in [0.4, 0.5) is 0 Å². The maximum atomic E-state index is 6.40. The van der Waals surface area contributed by atoms with Gasteiger partial charge >= 0.3 is 0 Å². The first-order chi connectivity index (χ1) is 9.58. The van der Waals surface area contributed by atoms with Crippen molar-refractivity contribution in [3.63, 3.8) is 0 Å². The van der Waals surface area contributed by atoms with Gasteiger partial charge in [0.15, 0.2) is 12.1 Å². The van der Waals surface area contributed by atoms with E-state index in [1.165, 1.54) is 0 Å². The molecule has 0 N–H and O–H groups in total. The summed E-state index contributed by atoms with van der Waals surface area (Å²) >= 11 is 6.40. The van der Waals surface area contributed by atoms with Crippen molar-refractivity contribution in [2.45, 2.75) is 76.0 Å². The van der Waals surface area contributed by atoms with E-state index in [1.54, 1.807) is 0 Å². The molecule has 4 aliphatic rings. The molecule has 7 heteroatoms. The minimum Gasteiger partial charge on any atom is -0.342 e. The highest BCUT2D eigenvalue weighted by Crippen LogP contribution is 2.57. The SMILES string of the molecule is CC(C)N1C[C@H]2O[C@@H]3OC4(CCCC4)O[C@@H]3[C@H]2O[P@@]1Cl. The van der Waals surface area contributed by atoms with Crippen molar-refractivity contribution >= 4 is 18.9 Å². The summed E-state index contributed by atoms with van der Waals surface area (Å²) in [6.07, 6.45) is 3.78. The summed E-state index contributed by atoms with van der Waals surface area (Å²) in [5, 5.41) is 0. The molecule has 1 spiro atoms. The summed E-state index contributed by atoms with van der Waals surface area (Å²) < 4.78 is 26.5. The Morgan fingerprint density at radius 1 is 1.20 bits per heavy atom. The van der Waals surface area contributed by atoms with Gasteiger partial charge in [-0.25, -0.2) is 4.67 Å². The first-order valence-electron chi connectivity index (χ1n) is 7.48. The molecule has 0 unspecified atom stereocenters. The summed E-state index contributed by atoms with van der Waals surface area (Å²) in [6.45, 7) is 5.04. The van der Waals surface area contributed by atoms with Crippen LogP contribution in [0.1, 0.15) is 39.5 Å². The lowest BCUT2D eigenvalue weighted by molar-refractivity contribution is -0.230. The maximum absolute atomic E-state index is 6.40. The predicted molar refractivity (Wildman–Crippen MR) is 75.3 cm³/mol. The van der Waals surface area contributed by atoms with Crippen molar-refractivity contribution in [3.8, 4) is 0 Å². The fourth-order valence-electron chi connectivity index (χ4n) is 3.62. The molecule has 3 aliphatic heterocycles. The summed E-state index contributed by atoms with van der Waals surface area (Å²) in [6, 6.07) is 0.353. The lowest BCUT2D eigenvalue weighted by atomic mass is 10.1. The number of fused-ring (bicyclic) bond motifs is 3. The highest BCUT2D eigenvalue weighted by atomic mass is 35.7. The molecule has 114 valence electrons. The molecule has 0 aromatic carbocycles. The summed E-state index contributed by atoms with van der Waals surface area (Å²) in [5.41, 5.74) is 0. The van der Waals surface area contributed by atoms with E-state index in [1.807, 2.05) is 0 Å². The van der Waals surface area contributed by atoms with Gasteiger partial charge in [0, 0.05) is 25.4 Å². The van der Waals surface area contributed by atoms with Crippen LogP contribution in [0.5, 0.6) is 0 Å². The zero-order valence-corrected chi connectivity index (χ0v) is 13.5. The Balaban J connectivity index is 1.49. The van der Waals surface area contributed by atoms with Crippen LogP contribution < -0.4 is 0 Å². The van der Waals surface area contributed by atoms with Gasteiger partial charge in [0.1, 0.15) is 18.3 Å². The first-order valence-corrected chi connectivity index (χ1v) is 9.60. The minimum absolute atomic E-state index is 0.00338. The maximum Gasteiger partial charge on any atom is 0.207 e. The second-order valence-electron chi connectivity index (χ2n) is 6.37. The van der Waals surface area contributed by atoms with E-state index < -0.39 is 13.4 Å². The quantitative estimate of drug-likeness (QED) is 0.694. The Morgan fingerprint density at radius 2 is 1.95 bits per heavy atom. The third kappa shape index (κ3) is 2.14. The van der Waals surface area contributed by atoms with E-state index in [0.717, 1.165) is 32.2 Å². The third-order valence-electron chi connectivity index (χ3n) is 4.69. The monoisotopic (exact) mass is 321 g/mol. The van der Waals surface area contributed by atoms with Crippen LogP contribution >= 0.6 is 18.9 Å². The van der Waals surface area contributed by atoms with Crippen LogP contribution in [0, 0.1) is 0 Å². The van der Waals surface area contributed by atoms with Gasteiger partial charge in [-0.05, 0) is 37.9 Å². The molecule has 0 amide bonds. The molecular weight excluding hydrogens is 301 g/mol.